The van der Waals surface area contributed by atoms with Crippen LogP contribution in [0.5, 0.6) is 0 Å². The van der Waals surface area contributed by atoms with Crippen molar-refractivity contribution in [3.63, 3.8) is 0 Å². The van der Waals surface area contributed by atoms with Gasteiger partial charge in [-0.05, 0) is 55.5 Å². The fourth-order valence-corrected chi connectivity index (χ4v) is 3.12. The number of carbonyl (C=O) groups excluding carboxylic acids is 1. The van der Waals surface area contributed by atoms with Crippen LogP contribution in [0.15, 0.2) is 47.3 Å². The van der Waals surface area contributed by atoms with Crippen LogP contribution in [-0.4, -0.2) is 35.9 Å². The van der Waals surface area contributed by atoms with Crippen LogP contribution in [0.1, 0.15) is 36.2 Å². The van der Waals surface area contributed by atoms with Crippen molar-refractivity contribution in [2.75, 3.05) is 5.32 Å². The van der Waals surface area contributed by atoms with Crippen LogP contribution in [0.3, 0.4) is 0 Å². The molecule has 2 heterocycles. The number of halogens is 1. The smallest absolute Gasteiger partial charge is 0.276 e. The van der Waals surface area contributed by atoms with Crippen molar-refractivity contribution in [3.05, 3.63) is 70.2 Å². The van der Waals surface area contributed by atoms with Crippen molar-refractivity contribution in [1.82, 2.24) is 30.0 Å². The van der Waals surface area contributed by atoms with Crippen LogP contribution in [0.25, 0.3) is 16.5 Å². The van der Waals surface area contributed by atoms with Crippen LogP contribution >= 0.6 is 0 Å². The number of amides is 1. The summed E-state index contributed by atoms with van der Waals surface area (Å²) in [5.74, 6) is -0.750. The Bertz CT molecular complexity index is 1330. The molecule has 0 atom stereocenters. The molecule has 4 rings (SSSR count). The van der Waals surface area contributed by atoms with Crippen LogP contribution < -0.4 is 10.9 Å². The fourth-order valence-electron chi connectivity index (χ4n) is 3.12. The summed E-state index contributed by atoms with van der Waals surface area (Å²) >= 11 is 0. The van der Waals surface area contributed by atoms with E-state index in [1.54, 1.807) is 45.0 Å². The van der Waals surface area contributed by atoms with Crippen molar-refractivity contribution in [1.29, 1.82) is 0 Å². The SMILES string of the molecule is Cc1nnnn1-c1ccc(F)c(NC(=O)c2nn(C(C)C)c(=O)c3ccccc23)c1. The number of nitrogens with zero attached hydrogens (tertiary/aromatic N) is 6. The molecule has 0 saturated heterocycles. The summed E-state index contributed by atoms with van der Waals surface area (Å²) in [5, 5.41) is 18.8. The maximum Gasteiger partial charge on any atom is 0.276 e. The Morgan fingerprint density at radius 3 is 2.53 bits per heavy atom. The van der Waals surface area contributed by atoms with Crippen molar-refractivity contribution in [2.45, 2.75) is 26.8 Å². The highest BCUT2D eigenvalue weighted by Crippen LogP contribution is 2.21. The number of nitrogens with one attached hydrogen (secondary N) is 1. The van der Waals surface area contributed by atoms with Crippen molar-refractivity contribution >= 4 is 22.4 Å². The molecule has 1 N–H and O–H groups in total. The molecule has 0 bridgehead atoms. The van der Waals surface area contributed by atoms with E-state index in [-0.39, 0.29) is 23.0 Å². The average Bonchev–Trinajstić information content (AvgIpc) is 3.15. The largest absolute Gasteiger partial charge is 0.318 e. The minimum Gasteiger partial charge on any atom is -0.318 e. The van der Waals surface area contributed by atoms with E-state index in [2.05, 4.69) is 25.9 Å². The summed E-state index contributed by atoms with van der Waals surface area (Å²) in [5.41, 5.74) is 0.168. The third kappa shape index (κ3) is 3.32. The summed E-state index contributed by atoms with van der Waals surface area (Å²) in [4.78, 5) is 25.7. The van der Waals surface area contributed by atoms with Crippen molar-refractivity contribution in [2.24, 2.45) is 0 Å². The number of hydrogen-bond acceptors (Lipinski definition) is 6. The topological polar surface area (TPSA) is 108 Å². The van der Waals surface area contributed by atoms with Gasteiger partial charge in [-0.3, -0.25) is 9.59 Å². The summed E-state index contributed by atoms with van der Waals surface area (Å²) < 4.78 is 17.1. The molecule has 0 aliphatic carbocycles. The van der Waals surface area contributed by atoms with Gasteiger partial charge in [-0.15, -0.1) is 5.10 Å². The Morgan fingerprint density at radius 2 is 1.87 bits per heavy atom. The molecule has 0 radical (unpaired) electrons. The number of fused-ring (bicyclic) bond motifs is 1. The molecule has 152 valence electrons. The van der Waals surface area contributed by atoms with Gasteiger partial charge in [0.25, 0.3) is 11.5 Å². The summed E-state index contributed by atoms with van der Waals surface area (Å²) in [6.07, 6.45) is 0. The molecular weight excluding hydrogens is 389 g/mol. The van der Waals surface area contributed by atoms with Gasteiger partial charge in [-0.1, -0.05) is 18.2 Å². The van der Waals surface area contributed by atoms with Gasteiger partial charge in [0.15, 0.2) is 11.5 Å². The number of carbonyl (C=O) groups is 1. The lowest BCUT2D eigenvalue weighted by Gasteiger charge is -2.14. The Hall–Kier alpha value is -3.95. The van der Waals surface area contributed by atoms with Gasteiger partial charge in [0.05, 0.1) is 22.8 Å². The highest BCUT2D eigenvalue weighted by molar-refractivity contribution is 6.11. The van der Waals surface area contributed by atoms with Crippen molar-refractivity contribution < 1.29 is 9.18 Å². The van der Waals surface area contributed by atoms with Crippen LogP contribution in [0, 0.1) is 12.7 Å². The highest BCUT2D eigenvalue weighted by Gasteiger charge is 2.19. The average molecular weight is 407 g/mol. The van der Waals surface area contributed by atoms with Crippen LogP contribution in [-0.2, 0) is 0 Å². The Morgan fingerprint density at radius 1 is 1.13 bits per heavy atom. The molecule has 0 aliphatic rings. The first kappa shape index (κ1) is 19.4. The number of anilines is 1. The molecule has 0 unspecified atom stereocenters. The molecule has 0 spiro atoms. The van der Waals surface area contributed by atoms with Gasteiger partial charge in [-0.2, -0.15) is 9.78 Å². The quantitative estimate of drug-likeness (QED) is 0.557. The van der Waals surface area contributed by atoms with Gasteiger partial charge < -0.3 is 5.32 Å². The highest BCUT2D eigenvalue weighted by atomic mass is 19.1. The van der Waals surface area contributed by atoms with Gasteiger partial charge in [0.2, 0.25) is 0 Å². The number of aryl methyl sites for hydroxylation is 1. The fraction of sp³-hybridized carbons (Fsp3) is 0.200. The van der Waals surface area contributed by atoms with E-state index >= 15 is 0 Å². The third-order valence-electron chi connectivity index (χ3n) is 4.60. The predicted molar refractivity (Wildman–Crippen MR) is 108 cm³/mol. The molecule has 1 amide bonds. The van der Waals surface area contributed by atoms with E-state index in [4.69, 9.17) is 0 Å². The van der Waals surface area contributed by atoms with E-state index in [1.807, 2.05) is 0 Å². The lowest BCUT2D eigenvalue weighted by molar-refractivity contribution is 0.102. The maximum absolute atomic E-state index is 14.4. The van der Waals surface area contributed by atoms with E-state index < -0.39 is 11.7 Å². The zero-order chi connectivity index (χ0) is 21.4. The number of benzene rings is 2. The molecule has 0 saturated carbocycles. The van der Waals surface area contributed by atoms with E-state index in [0.717, 1.165) is 0 Å². The second kappa shape index (κ2) is 7.47. The molecule has 2 aromatic heterocycles. The van der Waals surface area contributed by atoms with Gasteiger partial charge >= 0.3 is 0 Å². The number of rotatable bonds is 4. The second-order valence-electron chi connectivity index (χ2n) is 6.99. The standard InChI is InChI=1S/C20H18FN7O2/c1-11(2)27-20(30)15-7-5-4-6-14(15)18(24-27)19(29)22-17-10-13(8-9-16(17)21)28-12(3)23-25-26-28/h4-11H,1-3H3,(H,22,29). The second-order valence-corrected chi connectivity index (χ2v) is 6.99. The summed E-state index contributed by atoms with van der Waals surface area (Å²) in [7, 11) is 0. The number of tetrazole rings is 1. The monoisotopic (exact) mass is 407 g/mol. The summed E-state index contributed by atoms with van der Waals surface area (Å²) in [6, 6.07) is 10.6. The van der Waals surface area contributed by atoms with E-state index in [0.29, 0.717) is 22.3 Å². The van der Waals surface area contributed by atoms with Gasteiger partial charge in [0, 0.05) is 5.39 Å². The van der Waals surface area contributed by atoms with E-state index in [1.165, 1.54) is 27.6 Å². The molecule has 10 heteroatoms. The minimum absolute atomic E-state index is 0.0299. The van der Waals surface area contributed by atoms with Gasteiger partial charge in [-0.25, -0.2) is 9.07 Å². The zero-order valence-electron chi connectivity index (χ0n) is 16.5. The number of aromatic nitrogens is 6. The number of hydrogen-bond donors (Lipinski definition) is 1. The van der Waals surface area contributed by atoms with Crippen molar-refractivity contribution in [3.8, 4) is 5.69 Å². The first-order chi connectivity index (χ1) is 14.4. The summed E-state index contributed by atoms with van der Waals surface area (Å²) in [6.45, 7) is 5.29. The lowest BCUT2D eigenvalue weighted by Crippen LogP contribution is -2.29. The molecule has 2 aromatic carbocycles. The molecule has 4 aromatic rings. The molecule has 0 fully saturated rings. The predicted octanol–water partition coefficient (Wildman–Crippen LogP) is 2.65. The van der Waals surface area contributed by atoms with Crippen LogP contribution in [0.4, 0.5) is 10.1 Å². The lowest BCUT2D eigenvalue weighted by atomic mass is 10.1. The van der Waals surface area contributed by atoms with E-state index in [9.17, 15) is 14.0 Å². The van der Waals surface area contributed by atoms with Crippen LogP contribution in [0.2, 0.25) is 0 Å². The Labute approximate surface area is 170 Å². The molecule has 9 nitrogen and oxygen atoms in total. The third-order valence-corrected chi connectivity index (χ3v) is 4.60. The first-order valence-electron chi connectivity index (χ1n) is 9.24. The normalized spacial score (nSPS) is 11.2. The Kier molecular flexibility index (Phi) is 4.82. The Balaban J connectivity index is 1.78. The zero-order valence-corrected chi connectivity index (χ0v) is 16.5. The maximum atomic E-state index is 14.4. The molecular formula is C20H18FN7O2. The molecule has 30 heavy (non-hydrogen) atoms. The first-order valence-corrected chi connectivity index (χ1v) is 9.24. The molecule has 0 aliphatic heterocycles. The van der Waals surface area contributed by atoms with Gasteiger partial charge in [0.1, 0.15) is 5.82 Å². The minimum atomic E-state index is -0.634.